The van der Waals surface area contributed by atoms with E-state index in [-0.39, 0.29) is 18.5 Å². The number of anilines is 1. The van der Waals surface area contributed by atoms with Gasteiger partial charge in [0.15, 0.2) is 0 Å². The van der Waals surface area contributed by atoms with Crippen LogP contribution in [0, 0.1) is 6.92 Å². The molecule has 0 heterocycles. The van der Waals surface area contributed by atoms with Crippen molar-refractivity contribution in [1.29, 1.82) is 0 Å². The van der Waals surface area contributed by atoms with E-state index in [1.807, 2.05) is 13.8 Å². The third-order valence-electron chi connectivity index (χ3n) is 5.06. The number of halogens is 3. The van der Waals surface area contributed by atoms with E-state index in [4.69, 9.17) is 34.8 Å². The van der Waals surface area contributed by atoms with Crippen LogP contribution in [0.25, 0.3) is 0 Å². The average molecular weight is 549 g/mol. The molecule has 0 aliphatic carbocycles. The molecule has 7 nitrogen and oxygen atoms in total. The maximum Gasteiger partial charge on any atom is 0.244 e. The molecule has 11 heteroatoms. The molecule has 0 aliphatic heterocycles. The van der Waals surface area contributed by atoms with Crippen LogP contribution in [0.15, 0.2) is 36.4 Å². The summed E-state index contributed by atoms with van der Waals surface area (Å²) in [6.07, 6.45) is 1.02. The van der Waals surface area contributed by atoms with Crippen LogP contribution < -0.4 is 9.62 Å². The molecule has 0 bridgehead atoms. The van der Waals surface area contributed by atoms with Crippen LogP contribution in [0.5, 0.6) is 0 Å². The summed E-state index contributed by atoms with van der Waals surface area (Å²) in [6, 6.07) is 8.51. The van der Waals surface area contributed by atoms with Gasteiger partial charge in [0, 0.05) is 27.7 Å². The van der Waals surface area contributed by atoms with Gasteiger partial charge >= 0.3 is 0 Å². The van der Waals surface area contributed by atoms with E-state index in [1.165, 1.54) is 4.90 Å². The summed E-state index contributed by atoms with van der Waals surface area (Å²) in [5.41, 5.74) is 1.48. The molecule has 0 saturated carbocycles. The van der Waals surface area contributed by atoms with Crippen molar-refractivity contribution < 1.29 is 18.0 Å². The number of nitrogens with zero attached hydrogens (tertiary/aromatic N) is 2. The minimum Gasteiger partial charge on any atom is -0.352 e. The molecule has 2 amide bonds. The Kier molecular flexibility index (Phi) is 9.65. The molecule has 2 aromatic rings. The number of carbonyl (C=O) groups is 2. The zero-order valence-electron chi connectivity index (χ0n) is 19.6. The van der Waals surface area contributed by atoms with Crippen molar-refractivity contribution in [2.75, 3.05) is 17.1 Å². The van der Waals surface area contributed by atoms with Gasteiger partial charge in [-0.3, -0.25) is 13.9 Å². The van der Waals surface area contributed by atoms with Gasteiger partial charge in [-0.25, -0.2) is 8.42 Å². The first-order valence-corrected chi connectivity index (χ1v) is 13.5. The highest BCUT2D eigenvalue weighted by Gasteiger charge is 2.31. The van der Waals surface area contributed by atoms with Crippen molar-refractivity contribution >= 4 is 62.3 Å². The minimum absolute atomic E-state index is 0.0152. The standard InChI is InChI=1S/C23H28Cl3N3O4S/c1-14(2)27-23(31)16(4)28(12-17-6-7-19(25)11-20(17)26)22(30)13-29(34(5,32)33)21-9-8-18(24)10-15(21)3/h6-11,14,16H,12-13H2,1-5H3,(H,27,31)/t16-/m0/s1. The van der Waals surface area contributed by atoms with E-state index in [2.05, 4.69) is 5.32 Å². The van der Waals surface area contributed by atoms with Gasteiger partial charge in [0.1, 0.15) is 12.6 Å². The number of aryl methyl sites for hydroxylation is 1. The minimum atomic E-state index is -3.83. The fourth-order valence-electron chi connectivity index (χ4n) is 3.31. The quantitative estimate of drug-likeness (QED) is 0.494. The summed E-state index contributed by atoms with van der Waals surface area (Å²) in [5, 5.41) is 3.99. The Morgan fingerprint density at radius 1 is 1.00 bits per heavy atom. The van der Waals surface area contributed by atoms with Crippen LogP contribution in [-0.2, 0) is 26.2 Å². The summed E-state index contributed by atoms with van der Waals surface area (Å²) < 4.78 is 26.3. The first-order valence-electron chi connectivity index (χ1n) is 10.5. The van der Waals surface area contributed by atoms with Crippen molar-refractivity contribution in [2.24, 2.45) is 0 Å². The Labute approximate surface area is 216 Å². The van der Waals surface area contributed by atoms with Crippen molar-refractivity contribution in [1.82, 2.24) is 10.2 Å². The first kappa shape index (κ1) is 28.2. The van der Waals surface area contributed by atoms with Crippen LogP contribution >= 0.6 is 34.8 Å². The maximum absolute atomic E-state index is 13.5. The first-order chi connectivity index (χ1) is 15.7. The van der Waals surface area contributed by atoms with Crippen LogP contribution in [0.1, 0.15) is 31.9 Å². The molecule has 2 aromatic carbocycles. The molecule has 0 aromatic heterocycles. The second-order valence-electron chi connectivity index (χ2n) is 8.30. The fourth-order valence-corrected chi connectivity index (χ4v) is 4.92. The molecule has 2 rings (SSSR count). The molecule has 0 fully saturated rings. The SMILES string of the molecule is Cc1cc(Cl)ccc1N(CC(=O)N(Cc1ccc(Cl)cc1Cl)[C@@H](C)C(=O)NC(C)C)S(C)(=O)=O. The lowest BCUT2D eigenvalue weighted by Gasteiger charge is -2.32. The number of nitrogens with one attached hydrogen (secondary N) is 1. The molecule has 0 spiro atoms. The van der Waals surface area contributed by atoms with Crippen molar-refractivity contribution in [3.63, 3.8) is 0 Å². The highest BCUT2D eigenvalue weighted by atomic mass is 35.5. The summed E-state index contributed by atoms with van der Waals surface area (Å²) >= 11 is 18.3. The second kappa shape index (κ2) is 11.6. The molecule has 1 atom stereocenters. The van der Waals surface area contributed by atoms with E-state index in [0.717, 1.165) is 10.6 Å². The number of benzene rings is 2. The van der Waals surface area contributed by atoms with E-state index in [1.54, 1.807) is 50.2 Å². The van der Waals surface area contributed by atoms with Crippen LogP contribution in [0.4, 0.5) is 5.69 Å². The zero-order valence-corrected chi connectivity index (χ0v) is 22.7. The smallest absolute Gasteiger partial charge is 0.244 e. The Bertz CT molecular complexity index is 1170. The molecular weight excluding hydrogens is 521 g/mol. The van der Waals surface area contributed by atoms with Gasteiger partial charge in [-0.05, 0) is 69.2 Å². The number of amides is 2. The number of rotatable bonds is 9. The lowest BCUT2D eigenvalue weighted by molar-refractivity contribution is -0.139. The van der Waals surface area contributed by atoms with Gasteiger partial charge in [-0.1, -0.05) is 40.9 Å². The molecule has 0 aliphatic rings. The summed E-state index contributed by atoms with van der Waals surface area (Å²) in [5.74, 6) is -0.945. The summed E-state index contributed by atoms with van der Waals surface area (Å²) in [7, 11) is -3.83. The summed E-state index contributed by atoms with van der Waals surface area (Å²) in [4.78, 5) is 27.6. The second-order valence-corrected chi connectivity index (χ2v) is 11.5. The van der Waals surface area contributed by atoms with Gasteiger partial charge in [-0.15, -0.1) is 0 Å². The molecule has 186 valence electrons. The van der Waals surface area contributed by atoms with Crippen LogP contribution in [0.2, 0.25) is 15.1 Å². The monoisotopic (exact) mass is 547 g/mol. The van der Waals surface area contributed by atoms with E-state index in [0.29, 0.717) is 31.9 Å². The largest absolute Gasteiger partial charge is 0.352 e. The van der Waals surface area contributed by atoms with Crippen molar-refractivity contribution in [3.8, 4) is 0 Å². The number of hydrogen-bond donors (Lipinski definition) is 1. The normalized spacial score (nSPS) is 12.4. The van der Waals surface area contributed by atoms with Crippen LogP contribution in [-0.4, -0.2) is 50.0 Å². The Hall–Kier alpha value is -2.00. The highest BCUT2D eigenvalue weighted by molar-refractivity contribution is 7.92. The number of hydrogen-bond acceptors (Lipinski definition) is 4. The molecule has 1 N–H and O–H groups in total. The predicted molar refractivity (Wildman–Crippen MR) is 138 cm³/mol. The zero-order chi connectivity index (χ0) is 25.8. The van der Waals surface area contributed by atoms with Gasteiger partial charge in [0.05, 0.1) is 11.9 Å². The molecule has 0 saturated heterocycles. The lowest BCUT2D eigenvalue weighted by atomic mass is 10.1. The van der Waals surface area contributed by atoms with Gasteiger partial charge in [-0.2, -0.15) is 0 Å². The topological polar surface area (TPSA) is 86.8 Å². The van der Waals surface area contributed by atoms with Gasteiger partial charge < -0.3 is 10.2 Å². The van der Waals surface area contributed by atoms with E-state index < -0.39 is 28.5 Å². The van der Waals surface area contributed by atoms with E-state index in [9.17, 15) is 18.0 Å². The number of sulfonamides is 1. The summed E-state index contributed by atoms with van der Waals surface area (Å²) in [6.45, 7) is 6.37. The van der Waals surface area contributed by atoms with Crippen LogP contribution in [0.3, 0.4) is 0 Å². The maximum atomic E-state index is 13.5. The van der Waals surface area contributed by atoms with Gasteiger partial charge in [0.2, 0.25) is 21.8 Å². The Morgan fingerprint density at radius 3 is 2.12 bits per heavy atom. The predicted octanol–water partition coefficient (Wildman–Crippen LogP) is 4.66. The van der Waals surface area contributed by atoms with Crippen molar-refractivity contribution in [3.05, 3.63) is 62.6 Å². The van der Waals surface area contributed by atoms with E-state index >= 15 is 0 Å². The Balaban J connectivity index is 2.46. The van der Waals surface area contributed by atoms with Crippen molar-refractivity contribution in [2.45, 2.75) is 46.3 Å². The fraction of sp³-hybridized carbons (Fsp3) is 0.391. The molecule has 34 heavy (non-hydrogen) atoms. The van der Waals surface area contributed by atoms with Gasteiger partial charge in [0.25, 0.3) is 0 Å². The Morgan fingerprint density at radius 2 is 1.59 bits per heavy atom. The molecule has 0 unspecified atom stereocenters. The average Bonchev–Trinajstić information content (AvgIpc) is 2.70. The number of carbonyl (C=O) groups excluding carboxylic acids is 2. The lowest BCUT2D eigenvalue weighted by Crippen LogP contribution is -2.52. The third kappa shape index (κ3) is 7.50. The molecular formula is C23H28Cl3N3O4S. The third-order valence-corrected chi connectivity index (χ3v) is 7.01. The molecule has 0 radical (unpaired) electrons. The highest BCUT2D eigenvalue weighted by Crippen LogP contribution is 2.27.